The van der Waals surface area contributed by atoms with Crippen LogP contribution < -0.4 is 15.2 Å². The molecule has 5 nitrogen and oxygen atoms in total. The van der Waals surface area contributed by atoms with Gasteiger partial charge in [-0.1, -0.05) is 6.07 Å². The van der Waals surface area contributed by atoms with E-state index in [1.165, 1.54) is 0 Å². The predicted molar refractivity (Wildman–Crippen MR) is 63.7 cm³/mol. The Morgan fingerprint density at radius 3 is 2.56 bits per heavy atom. The number of carboxylic acids is 1. The van der Waals surface area contributed by atoms with Gasteiger partial charge in [-0.15, -0.1) is 0 Å². The average Bonchev–Trinajstić information content (AvgIpc) is 3.21. The average molecular weight is 249 g/mol. The second kappa shape index (κ2) is 3.88. The number of fused-ring (bicyclic) bond motifs is 1. The normalized spacial score (nSPS) is 21.2. The monoisotopic (exact) mass is 249 g/mol. The zero-order valence-electron chi connectivity index (χ0n) is 9.89. The molecule has 0 radical (unpaired) electrons. The number of hydrogen-bond acceptors (Lipinski definition) is 4. The molecule has 0 spiro atoms. The summed E-state index contributed by atoms with van der Waals surface area (Å²) in [6, 6.07) is 5.15. The number of ether oxygens (including phenoxy) is 2. The van der Waals surface area contributed by atoms with Crippen LogP contribution in [-0.4, -0.2) is 24.3 Å². The van der Waals surface area contributed by atoms with Crippen LogP contribution >= 0.6 is 0 Å². The van der Waals surface area contributed by atoms with Crippen molar-refractivity contribution in [3.05, 3.63) is 23.8 Å². The summed E-state index contributed by atoms with van der Waals surface area (Å²) in [5, 5.41) is 9.40. The number of aliphatic carboxylic acids is 1. The lowest BCUT2D eigenvalue weighted by Crippen LogP contribution is -2.47. The molecule has 1 aromatic rings. The van der Waals surface area contributed by atoms with Gasteiger partial charge in [0.15, 0.2) is 11.5 Å². The van der Waals surface area contributed by atoms with Gasteiger partial charge in [-0.3, -0.25) is 0 Å². The lowest BCUT2D eigenvalue weighted by molar-refractivity contribution is -0.144. The van der Waals surface area contributed by atoms with Crippen molar-refractivity contribution in [2.45, 2.75) is 18.4 Å². The second-order valence-electron chi connectivity index (χ2n) is 4.81. The molecule has 0 amide bonds. The first-order valence-corrected chi connectivity index (χ1v) is 6.05. The van der Waals surface area contributed by atoms with Crippen molar-refractivity contribution < 1.29 is 19.4 Å². The Bertz CT molecular complexity index is 498. The lowest BCUT2D eigenvalue weighted by atomic mass is 9.86. The maximum absolute atomic E-state index is 11.5. The van der Waals surface area contributed by atoms with Crippen LogP contribution in [0.4, 0.5) is 0 Å². The van der Waals surface area contributed by atoms with Crippen molar-refractivity contribution in [2.24, 2.45) is 11.7 Å². The van der Waals surface area contributed by atoms with Crippen molar-refractivity contribution in [2.75, 3.05) is 13.2 Å². The summed E-state index contributed by atoms with van der Waals surface area (Å²) in [5.41, 5.74) is 5.38. The molecule has 1 atom stereocenters. The Morgan fingerprint density at radius 1 is 1.28 bits per heavy atom. The van der Waals surface area contributed by atoms with E-state index in [0.717, 1.165) is 12.8 Å². The van der Waals surface area contributed by atoms with Gasteiger partial charge in [-0.05, 0) is 36.5 Å². The smallest absolute Gasteiger partial charge is 0.328 e. The molecular formula is C13H15NO4. The van der Waals surface area contributed by atoms with Crippen LogP contribution in [0.2, 0.25) is 0 Å². The Balaban J connectivity index is 2.02. The number of rotatable bonds is 3. The minimum atomic E-state index is -1.31. The van der Waals surface area contributed by atoms with Crippen molar-refractivity contribution >= 4 is 5.97 Å². The zero-order chi connectivity index (χ0) is 12.8. The second-order valence-corrected chi connectivity index (χ2v) is 4.81. The molecule has 0 aromatic heterocycles. The summed E-state index contributed by atoms with van der Waals surface area (Å²) in [5.74, 6) is 0.253. The molecule has 3 rings (SSSR count). The highest BCUT2D eigenvalue weighted by atomic mass is 16.6. The van der Waals surface area contributed by atoms with Gasteiger partial charge >= 0.3 is 5.97 Å². The van der Waals surface area contributed by atoms with E-state index in [1.54, 1.807) is 18.2 Å². The van der Waals surface area contributed by atoms with Crippen molar-refractivity contribution in [3.8, 4) is 11.5 Å². The zero-order valence-corrected chi connectivity index (χ0v) is 9.89. The fourth-order valence-electron chi connectivity index (χ4n) is 2.37. The molecule has 1 aliphatic carbocycles. The highest BCUT2D eigenvalue weighted by Gasteiger charge is 2.49. The molecule has 1 aliphatic heterocycles. The van der Waals surface area contributed by atoms with E-state index in [0.29, 0.717) is 30.3 Å². The minimum Gasteiger partial charge on any atom is -0.486 e. The van der Waals surface area contributed by atoms with Gasteiger partial charge in [0.1, 0.15) is 18.8 Å². The van der Waals surface area contributed by atoms with Crippen molar-refractivity contribution in [1.82, 2.24) is 0 Å². The van der Waals surface area contributed by atoms with E-state index in [2.05, 4.69) is 0 Å². The maximum Gasteiger partial charge on any atom is 0.328 e. The van der Waals surface area contributed by atoms with E-state index < -0.39 is 11.5 Å². The van der Waals surface area contributed by atoms with E-state index in [4.69, 9.17) is 15.2 Å². The summed E-state index contributed by atoms with van der Waals surface area (Å²) < 4.78 is 10.9. The number of carbonyl (C=O) groups is 1. The largest absolute Gasteiger partial charge is 0.486 e. The molecule has 1 heterocycles. The third kappa shape index (κ3) is 1.62. The van der Waals surface area contributed by atoms with Crippen molar-refractivity contribution in [1.29, 1.82) is 0 Å². The van der Waals surface area contributed by atoms with E-state index in [-0.39, 0.29) is 5.92 Å². The first kappa shape index (κ1) is 11.3. The standard InChI is InChI=1S/C13H15NO4/c14-13(12(15)16,8-1-2-8)9-3-4-10-11(7-9)18-6-5-17-10/h3-4,7-8H,1-2,5-6,14H2,(H,15,16). The van der Waals surface area contributed by atoms with Crippen LogP contribution in [0.1, 0.15) is 18.4 Å². The van der Waals surface area contributed by atoms with Gasteiger partial charge in [0.05, 0.1) is 0 Å². The van der Waals surface area contributed by atoms with Crippen LogP contribution in [0.3, 0.4) is 0 Å². The van der Waals surface area contributed by atoms with Gasteiger partial charge in [0.2, 0.25) is 0 Å². The van der Waals surface area contributed by atoms with Gasteiger partial charge in [0, 0.05) is 0 Å². The van der Waals surface area contributed by atoms with Crippen LogP contribution in [0, 0.1) is 5.92 Å². The molecule has 1 saturated carbocycles. The highest BCUT2D eigenvalue weighted by molar-refractivity contribution is 5.82. The van der Waals surface area contributed by atoms with Crippen LogP contribution in [0.5, 0.6) is 11.5 Å². The number of carboxylic acid groups (broad SMARTS) is 1. The first-order valence-electron chi connectivity index (χ1n) is 6.05. The Kier molecular flexibility index (Phi) is 2.45. The predicted octanol–water partition coefficient (Wildman–Crippen LogP) is 1.11. The number of hydrogen-bond donors (Lipinski definition) is 2. The Labute approximate surface area is 104 Å². The fourth-order valence-corrected chi connectivity index (χ4v) is 2.37. The third-order valence-electron chi connectivity index (χ3n) is 3.60. The molecule has 1 unspecified atom stereocenters. The molecule has 1 aromatic carbocycles. The van der Waals surface area contributed by atoms with E-state index >= 15 is 0 Å². The summed E-state index contributed by atoms with van der Waals surface area (Å²) in [7, 11) is 0. The Hall–Kier alpha value is -1.75. The molecule has 0 bridgehead atoms. The molecule has 1 fully saturated rings. The van der Waals surface area contributed by atoms with Crippen LogP contribution in [0.25, 0.3) is 0 Å². The van der Waals surface area contributed by atoms with Gasteiger partial charge in [-0.25, -0.2) is 4.79 Å². The van der Waals surface area contributed by atoms with E-state index in [9.17, 15) is 9.90 Å². The molecule has 2 aliphatic rings. The maximum atomic E-state index is 11.5. The topological polar surface area (TPSA) is 81.8 Å². The van der Waals surface area contributed by atoms with Gasteiger partial charge in [0.25, 0.3) is 0 Å². The number of nitrogens with two attached hydrogens (primary N) is 1. The summed E-state index contributed by atoms with van der Waals surface area (Å²) in [4.78, 5) is 11.5. The summed E-state index contributed by atoms with van der Waals surface area (Å²) in [6.07, 6.45) is 1.72. The Morgan fingerprint density at radius 2 is 1.94 bits per heavy atom. The van der Waals surface area contributed by atoms with Crippen LogP contribution in [-0.2, 0) is 10.3 Å². The molecule has 0 saturated heterocycles. The SMILES string of the molecule is NC(C(=O)O)(c1ccc2c(c1)OCCO2)C1CC1. The van der Waals surface area contributed by atoms with Crippen molar-refractivity contribution in [3.63, 3.8) is 0 Å². The minimum absolute atomic E-state index is 0.0116. The molecule has 96 valence electrons. The first-order chi connectivity index (χ1) is 8.62. The van der Waals surface area contributed by atoms with E-state index in [1.807, 2.05) is 0 Å². The molecular weight excluding hydrogens is 234 g/mol. The fraction of sp³-hybridized carbons (Fsp3) is 0.462. The highest BCUT2D eigenvalue weighted by Crippen LogP contribution is 2.46. The quantitative estimate of drug-likeness (QED) is 0.838. The molecule has 5 heteroatoms. The summed E-state index contributed by atoms with van der Waals surface area (Å²) >= 11 is 0. The van der Waals surface area contributed by atoms with Gasteiger partial charge < -0.3 is 20.3 Å². The number of benzene rings is 1. The van der Waals surface area contributed by atoms with Gasteiger partial charge in [-0.2, -0.15) is 0 Å². The lowest BCUT2D eigenvalue weighted by Gasteiger charge is -2.27. The third-order valence-corrected chi connectivity index (χ3v) is 3.60. The summed E-state index contributed by atoms with van der Waals surface area (Å²) in [6.45, 7) is 0.992. The molecule has 18 heavy (non-hydrogen) atoms. The molecule has 3 N–H and O–H groups in total. The van der Waals surface area contributed by atoms with Crippen LogP contribution in [0.15, 0.2) is 18.2 Å².